The Bertz CT molecular complexity index is 589. The Balaban J connectivity index is 1.72. The van der Waals surface area contributed by atoms with Gasteiger partial charge in [0.15, 0.2) is 0 Å². The summed E-state index contributed by atoms with van der Waals surface area (Å²) in [7, 11) is 1.35. The average molecular weight is 336 g/mol. The van der Waals surface area contributed by atoms with Crippen molar-refractivity contribution in [2.45, 2.75) is 31.4 Å². The normalized spacial score (nSPS) is 23.8. The van der Waals surface area contributed by atoms with Gasteiger partial charge in [0.25, 0.3) is 5.91 Å². The highest BCUT2D eigenvalue weighted by atomic mass is 32.2. The molecule has 2 aliphatic rings. The van der Waals surface area contributed by atoms with E-state index in [1.54, 1.807) is 23.2 Å². The van der Waals surface area contributed by atoms with E-state index in [0.717, 1.165) is 24.3 Å². The van der Waals surface area contributed by atoms with Crippen molar-refractivity contribution in [2.75, 3.05) is 25.2 Å². The minimum Gasteiger partial charge on any atom is -0.473 e. The van der Waals surface area contributed by atoms with Gasteiger partial charge >= 0.3 is 5.97 Å². The maximum Gasteiger partial charge on any atom is 0.328 e. The van der Waals surface area contributed by atoms with Crippen LogP contribution in [0.25, 0.3) is 0 Å². The van der Waals surface area contributed by atoms with Crippen LogP contribution in [0, 0.1) is 0 Å². The highest BCUT2D eigenvalue weighted by molar-refractivity contribution is 7.99. The predicted octanol–water partition coefficient (Wildman–Crippen LogP) is 1.74. The number of carbonyl (C=O) groups is 2. The number of aromatic nitrogens is 1. The summed E-state index contributed by atoms with van der Waals surface area (Å²) in [5, 5.41) is 0. The fourth-order valence-electron chi connectivity index (χ4n) is 2.94. The minimum atomic E-state index is -0.490. The van der Waals surface area contributed by atoms with E-state index in [2.05, 4.69) is 4.98 Å². The third-order valence-electron chi connectivity index (χ3n) is 4.14. The second-order valence-corrected chi connectivity index (χ2v) is 6.82. The van der Waals surface area contributed by atoms with Gasteiger partial charge in [-0.25, -0.2) is 9.78 Å². The molecule has 2 saturated heterocycles. The average Bonchev–Trinajstić information content (AvgIpc) is 3.25. The molecule has 7 heteroatoms. The number of thioether (sulfide) groups is 1. The number of rotatable bonds is 4. The van der Waals surface area contributed by atoms with Crippen LogP contribution in [-0.2, 0) is 9.53 Å². The number of hydrogen-bond acceptors (Lipinski definition) is 6. The molecular weight excluding hydrogens is 316 g/mol. The summed E-state index contributed by atoms with van der Waals surface area (Å²) >= 11 is 1.86. The first-order chi connectivity index (χ1) is 11.2. The van der Waals surface area contributed by atoms with Gasteiger partial charge < -0.3 is 14.4 Å². The van der Waals surface area contributed by atoms with Crippen LogP contribution < -0.4 is 4.74 Å². The lowest BCUT2D eigenvalue weighted by Gasteiger charge is -2.22. The Morgan fingerprint density at radius 1 is 1.39 bits per heavy atom. The summed E-state index contributed by atoms with van der Waals surface area (Å²) in [4.78, 5) is 30.3. The zero-order valence-electron chi connectivity index (χ0n) is 13.1. The molecule has 1 aromatic rings. The van der Waals surface area contributed by atoms with Gasteiger partial charge in [-0.05, 0) is 31.1 Å². The van der Waals surface area contributed by atoms with Crippen molar-refractivity contribution in [1.29, 1.82) is 0 Å². The Morgan fingerprint density at radius 2 is 2.26 bits per heavy atom. The van der Waals surface area contributed by atoms with Crippen LogP contribution in [0.2, 0.25) is 0 Å². The van der Waals surface area contributed by atoms with Gasteiger partial charge in [0.1, 0.15) is 12.1 Å². The van der Waals surface area contributed by atoms with Crippen molar-refractivity contribution in [3.63, 3.8) is 0 Å². The first-order valence-electron chi connectivity index (χ1n) is 7.78. The molecule has 2 aliphatic heterocycles. The molecule has 3 heterocycles. The van der Waals surface area contributed by atoms with Crippen LogP contribution in [0.5, 0.6) is 5.88 Å². The highest BCUT2D eigenvalue weighted by Gasteiger charge is 2.35. The van der Waals surface area contributed by atoms with Crippen LogP contribution in [-0.4, -0.2) is 59.1 Å². The number of pyridine rings is 1. The van der Waals surface area contributed by atoms with E-state index in [1.807, 2.05) is 11.8 Å². The maximum absolute atomic E-state index is 12.7. The van der Waals surface area contributed by atoms with E-state index in [1.165, 1.54) is 7.11 Å². The van der Waals surface area contributed by atoms with Crippen molar-refractivity contribution in [3.8, 4) is 5.88 Å². The van der Waals surface area contributed by atoms with Crippen LogP contribution in [0.4, 0.5) is 0 Å². The quantitative estimate of drug-likeness (QED) is 0.780. The molecule has 23 heavy (non-hydrogen) atoms. The number of ether oxygens (including phenoxy) is 2. The van der Waals surface area contributed by atoms with Crippen LogP contribution in [0.1, 0.15) is 29.6 Å². The predicted molar refractivity (Wildman–Crippen MR) is 86.7 cm³/mol. The summed E-state index contributed by atoms with van der Waals surface area (Å²) in [6.07, 6.45) is 4.19. The van der Waals surface area contributed by atoms with Gasteiger partial charge in [-0.15, -0.1) is 0 Å². The first-order valence-corrected chi connectivity index (χ1v) is 8.94. The lowest BCUT2D eigenvalue weighted by molar-refractivity contribution is -0.145. The summed E-state index contributed by atoms with van der Waals surface area (Å²) in [5.41, 5.74) is 0.497. The van der Waals surface area contributed by atoms with Crippen molar-refractivity contribution < 1.29 is 19.1 Å². The number of hydrogen-bond donors (Lipinski definition) is 0. The monoisotopic (exact) mass is 336 g/mol. The number of likely N-dealkylation sites (tertiary alicyclic amines) is 1. The van der Waals surface area contributed by atoms with Crippen LogP contribution in [0.15, 0.2) is 18.3 Å². The van der Waals surface area contributed by atoms with Gasteiger partial charge in [0.2, 0.25) is 5.88 Å². The van der Waals surface area contributed by atoms with E-state index < -0.39 is 6.04 Å². The van der Waals surface area contributed by atoms with Gasteiger partial charge in [-0.1, -0.05) is 0 Å². The molecule has 2 fully saturated rings. The Labute approximate surface area is 139 Å². The molecule has 0 radical (unpaired) electrons. The third kappa shape index (κ3) is 3.60. The summed E-state index contributed by atoms with van der Waals surface area (Å²) in [6, 6.07) is 2.83. The number of nitrogens with zero attached hydrogens (tertiary/aromatic N) is 2. The molecule has 6 nitrogen and oxygen atoms in total. The molecule has 0 N–H and O–H groups in total. The fourth-order valence-corrected chi connectivity index (χ4v) is 4.03. The zero-order valence-corrected chi connectivity index (χ0v) is 13.9. The van der Waals surface area contributed by atoms with E-state index in [0.29, 0.717) is 24.4 Å². The van der Waals surface area contributed by atoms with Crippen molar-refractivity contribution in [1.82, 2.24) is 9.88 Å². The molecule has 2 atom stereocenters. The van der Waals surface area contributed by atoms with Gasteiger partial charge in [-0.3, -0.25) is 4.79 Å². The molecule has 2 unspecified atom stereocenters. The van der Waals surface area contributed by atoms with Gasteiger partial charge in [0, 0.05) is 30.1 Å². The van der Waals surface area contributed by atoms with E-state index in [9.17, 15) is 9.59 Å². The Hall–Kier alpha value is -1.76. The number of methoxy groups -OCH3 is 1. The lowest BCUT2D eigenvalue weighted by Crippen LogP contribution is -2.41. The smallest absolute Gasteiger partial charge is 0.328 e. The Morgan fingerprint density at radius 3 is 3.00 bits per heavy atom. The molecular formula is C16H20N2O4S. The number of esters is 1. The molecule has 0 bridgehead atoms. The standard InChI is InChI=1S/C16H20N2O4S/c1-21-16(20)13-3-2-7-18(13)15(19)11-4-6-17-14(9-11)22-12-5-8-23-10-12/h4,6,9,12-13H,2-3,5,7-8,10H2,1H3. The first kappa shape index (κ1) is 16.1. The largest absolute Gasteiger partial charge is 0.473 e. The van der Waals surface area contributed by atoms with Crippen molar-refractivity contribution in [2.24, 2.45) is 0 Å². The minimum absolute atomic E-state index is 0.160. The van der Waals surface area contributed by atoms with Gasteiger partial charge in [-0.2, -0.15) is 11.8 Å². The molecule has 3 rings (SSSR count). The third-order valence-corrected chi connectivity index (χ3v) is 5.28. The second kappa shape index (κ2) is 7.21. The van der Waals surface area contributed by atoms with Crippen molar-refractivity contribution in [3.05, 3.63) is 23.9 Å². The summed E-state index contributed by atoms with van der Waals surface area (Å²) in [6.45, 7) is 0.566. The number of amides is 1. The molecule has 0 aliphatic carbocycles. The van der Waals surface area contributed by atoms with Crippen molar-refractivity contribution >= 4 is 23.6 Å². The number of carbonyl (C=O) groups excluding carboxylic acids is 2. The molecule has 0 spiro atoms. The zero-order chi connectivity index (χ0) is 16.2. The summed E-state index contributed by atoms with van der Waals surface area (Å²) < 4.78 is 10.6. The maximum atomic E-state index is 12.7. The Kier molecular flexibility index (Phi) is 5.05. The fraction of sp³-hybridized carbons (Fsp3) is 0.562. The molecule has 1 amide bonds. The molecule has 0 aromatic carbocycles. The topological polar surface area (TPSA) is 68.7 Å². The SMILES string of the molecule is COC(=O)C1CCCN1C(=O)c1ccnc(OC2CCSC2)c1. The van der Waals surface area contributed by atoms with E-state index >= 15 is 0 Å². The summed E-state index contributed by atoms with van der Waals surface area (Å²) in [5.74, 6) is 1.99. The molecule has 124 valence electrons. The lowest BCUT2D eigenvalue weighted by atomic mass is 10.2. The second-order valence-electron chi connectivity index (χ2n) is 5.67. The highest BCUT2D eigenvalue weighted by Crippen LogP contribution is 2.24. The molecule has 1 aromatic heterocycles. The van der Waals surface area contributed by atoms with E-state index in [4.69, 9.17) is 9.47 Å². The van der Waals surface area contributed by atoms with E-state index in [-0.39, 0.29) is 18.0 Å². The molecule has 0 saturated carbocycles. The van der Waals surface area contributed by atoms with Crippen LogP contribution >= 0.6 is 11.8 Å². The van der Waals surface area contributed by atoms with Crippen LogP contribution in [0.3, 0.4) is 0 Å². The van der Waals surface area contributed by atoms with Gasteiger partial charge in [0.05, 0.1) is 7.11 Å².